The first-order valence-electron chi connectivity index (χ1n) is 5.97. The lowest BCUT2D eigenvalue weighted by Crippen LogP contribution is -2.17. The molecule has 2 heterocycles. The fourth-order valence-electron chi connectivity index (χ4n) is 1.67. The highest BCUT2D eigenvalue weighted by molar-refractivity contribution is 7.13. The zero-order chi connectivity index (χ0) is 13.7. The van der Waals surface area contributed by atoms with E-state index in [0.29, 0.717) is 0 Å². The van der Waals surface area contributed by atoms with Gasteiger partial charge in [-0.05, 0) is 19.1 Å². The number of carbonyl (C=O) groups is 1. The molecule has 1 N–H and O–H groups in total. The van der Waals surface area contributed by atoms with Crippen molar-refractivity contribution in [2.45, 2.75) is 25.8 Å². The summed E-state index contributed by atoms with van der Waals surface area (Å²) in [6, 6.07) is 4.03. The number of methoxy groups -OCH3 is 1. The minimum atomic E-state index is -0.277. The Labute approximate surface area is 115 Å². The summed E-state index contributed by atoms with van der Waals surface area (Å²) in [4.78, 5) is 15.5. The van der Waals surface area contributed by atoms with Crippen LogP contribution >= 0.6 is 11.3 Å². The van der Waals surface area contributed by atoms with Crippen LogP contribution in [0.2, 0.25) is 0 Å². The minimum Gasteiger partial charge on any atom is -0.469 e. The number of esters is 1. The number of anilines is 1. The van der Waals surface area contributed by atoms with E-state index in [1.54, 1.807) is 6.26 Å². The van der Waals surface area contributed by atoms with Gasteiger partial charge in [-0.3, -0.25) is 4.79 Å². The van der Waals surface area contributed by atoms with E-state index in [1.807, 2.05) is 17.5 Å². The topological polar surface area (TPSA) is 64.4 Å². The molecule has 2 aromatic rings. The average molecular weight is 280 g/mol. The van der Waals surface area contributed by atoms with Gasteiger partial charge in [0.05, 0.1) is 25.5 Å². The van der Waals surface area contributed by atoms with Crippen molar-refractivity contribution in [1.29, 1.82) is 0 Å². The molecule has 0 aliphatic rings. The molecule has 0 bridgehead atoms. The first kappa shape index (κ1) is 13.6. The zero-order valence-electron chi connectivity index (χ0n) is 10.9. The van der Waals surface area contributed by atoms with Crippen LogP contribution in [0.15, 0.2) is 28.2 Å². The van der Waals surface area contributed by atoms with Crippen molar-refractivity contribution in [2.24, 2.45) is 0 Å². The lowest BCUT2D eigenvalue weighted by atomic mass is 10.2. The van der Waals surface area contributed by atoms with Crippen LogP contribution in [0.5, 0.6) is 0 Å². The maximum absolute atomic E-state index is 11.1. The van der Waals surface area contributed by atoms with E-state index in [9.17, 15) is 4.79 Å². The average Bonchev–Trinajstić information content (AvgIpc) is 3.01. The van der Waals surface area contributed by atoms with Gasteiger partial charge in [0.25, 0.3) is 0 Å². The Morgan fingerprint density at radius 3 is 3.16 bits per heavy atom. The molecule has 0 aromatic carbocycles. The second kappa shape index (κ2) is 6.38. The molecule has 19 heavy (non-hydrogen) atoms. The molecule has 0 aliphatic carbocycles. The summed E-state index contributed by atoms with van der Waals surface area (Å²) in [5, 5.41) is 5.95. The lowest BCUT2D eigenvalue weighted by Gasteiger charge is -2.10. The molecule has 6 heteroatoms. The normalized spacial score (nSPS) is 12.1. The largest absolute Gasteiger partial charge is 0.469 e. The molecule has 0 spiro atoms. The number of nitrogens with one attached hydrogen (secondary N) is 1. The molecule has 1 atom stereocenters. The third kappa shape index (κ3) is 4.10. The van der Waals surface area contributed by atoms with Gasteiger partial charge in [0.1, 0.15) is 5.76 Å². The highest BCUT2D eigenvalue weighted by atomic mass is 32.1. The smallest absolute Gasteiger partial charge is 0.311 e. The summed E-state index contributed by atoms with van der Waals surface area (Å²) in [5.41, 5.74) is 0.726. The molecular weight excluding hydrogens is 264 g/mol. The van der Waals surface area contributed by atoms with Crippen LogP contribution in [0, 0.1) is 0 Å². The second-order valence-corrected chi connectivity index (χ2v) is 5.08. The molecule has 0 saturated heterocycles. The molecule has 5 nitrogen and oxygen atoms in total. The Morgan fingerprint density at radius 1 is 1.63 bits per heavy atom. The van der Waals surface area contributed by atoms with Gasteiger partial charge < -0.3 is 14.5 Å². The quantitative estimate of drug-likeness (QED) is 0.824. The molecule has 2 aromatic heterocycles. The number of hydrogen-bond donors (Lipinski definition) is 1. The second-order valence-electron chi connectivity index (χ2n) is 4.23. The first-order valence-corrected chi connectivity index (χ1v) is 6.85. The Bertz CT molecular complexity index is 522. The van der Waals surface area contributed by atoms with Crippen molar-refractivity contribution in [1.82, 2.24) is 4.98 Å². The molecule has 2 rings (SSSR count). The number of ether oxygens (including phenoxy) is 1. The number of rotatable bonds is 6. The monoisotopic (exact) mass is 280 g/mol. The Balaban J connectivity index is 1.87. The molecule has 102 valence electrons. The van der Waals surface area contributed by atoms with E-state index < -0.39 is 0 Å². The number of hydrogen-bond acceptors (Lipinski definition) is 6. The third-order valence-corrected chi connectivity index (χ3v) is 3.38. The Kier molecular flexibility index (Phi) is 4.57. The summed E-state index contributed by atoms with van der Waals surface area (Å²) in [7, 11) is 1.37. The number of thiazole rings is 1. The lowest BCUT2D eigenvalue weighted by molar-refractivity contribution is -0.139. The van der Waals surface area contributed by atoms with Crippen molar-refractivity contribution >= 4 is 22.4 Å². The van der Waals surface area contributed by atoms with Crippen molar-refractivity contribution < 1.29 is 13.9 Å². The maximum atomic E-state index is 11.1. The summed E-state index contributed by atoms with van der Waals surface area (Å²) in [6.45, 7) is 2.06. The minimum absolute atomic E-state index is 0.210. The van der Waals surface area contributed by atoms with Gasteiger partial charge in [-0.1, -0.05) is 0 Å². The molecule has 0 fully saturated rings. The molecule has 0 radical (unpaired) electrons. The summed E-state index contributed by atoms with van der Waals surface area (Å²) >= 11 is 1.48. The van der Waals surface area contributed by atoms with E-state index in [-0.39, 0.29) is 18.4 Å². The number of aromatic nitrogens is 1. The molecule has 0 amide bonds. The van der Waals surface area contributed by atoms with E-state index in [1.165, 1.54) is 18.4 Å². The fourth-order valence-corrected chi connectivity index (χ4v) is 2.49. The van der Waals surface area contributed by atoms with Gasteiger partial charge in [-0.15, -0.1) is 11.3 Å². The third-order valence-electron chi connectivity index (χ3n) is 2.56. The highest BCUT2D eigenvalue weighted by Crippen LogP contribution is 2.18. The van der Waals surface area contributed by atoms with E-state index >= 15 is 0 Å². The Hall–Kier alpha value is -1.82. The van der Waals surface area contributed by atoms with Crippen LogP contribution in [0.1, 0.15) is 18.4 Å². The van der Waals surface area contributed by atoms with Crippen LogP contribution in [0.3, 0.4) is 0 Å². The first-order chi connectivity index (χ1) is 9.17. The molecule has 1 unspecified atom stereocenters. The maximum Gasteiger partial charge on any atom is 0.311 e. The van der Waals surface area contributed by atoms with Crippen LogP contribution in [-0.4, -0.2) is 24.1 Å². The van der Waals surface area contributed by atoms with Crippen LogP contribution in [0.4, 0.5) is 5.13 Å². The van der Waals surface area contributed by atoms with Gasteiger partial charge in [0, 0.05) is 17.8 Å². The highest BCUT2D eigenvalue weighted by Gasteiger charge is 2.10. The molecule has 0 saturated carbocycles. The predicted molar refractivity (Wildman–Crippen MR) is 73.3 cm³/mol. The van der Waals surface area contributed by atoms with Gasteiger partial charge in [0.2, 0.25) is 0 Å². The standard InChI is InChI=1S/C13H16N2O3S/c1-9(6-11-4-3-5-18-11)14-13-15-10(8-19-13)7-12(16)17-2/h3-5,8-9H,6-7H2,1-2H3,(H,14,15). The van der Waals surface area contributed by atoms with Crippen molar-refractivity contribution in [3.8, 4) is 0 Å². The van der Waals surface area contributed by atoms with E-state index in [2.05, 4.69) is 22.0 Å². The van der Waals surface area contributed by atoms with E-state index in [0.717, 1.165) is 23.0 Å². The zero-order valence-corrected chi connectivity index (χ0v) is 11.7. The number of furan rings is 1. The van der Waals surface area contributed by atoms with Gasteiger partial charge in [-0.2, -0.15) is 0 Å². The summed E-state index contributed by atoms with van der Waals surface area (Å²) in [6.07, 6.45) is 2.67. The predicted octanol–water partition coefficient (Wildman–Crippen LogP) is 2.49. The summed E-state index contributed by atoms with van der Waals surface area (Å²) in [5.74, 6) is 0.659. The summed E-state index contributed by atoms with van der Waals surface area (Å²) < 4.78 is 9.90. The fraction of sp³-hybridized carbons (Fsp3) is 0.385. The number of nitrogens with zero attached hydrogens (tertiary/aromatic N) is 1. The number of carbonyl (C=O) groups excluding carboxylic acids is 1. The van der Waals surface area contributed by atoms with Crippen LogP contribution < -0.4 is 5.32 Å². The van der Waals surface area contributed by atoms with Crippen LogP contribution in [0.25, 0.3) is 0 Å². The van der Waals surface area contributed by atoms with Crippen molar-refractivity contribution in [3.05, 3.63) is 35.2 Å². The van der Waals surface area contributed by atoms with E-state index in [4.69, 9.17) is 4.42 Å². The molecule has 0 aliphatic heterocycles. The molecular formula is C13H16N2O3S. The van der Waals surface area contributed by atoms with Gasteiger partial charge in [0.15, 0.2) is 5.13 Å². The Morgan fingerprint density at radius 2 is 2.47 bits per heavy atom. The van der Waals surface area contributed by atoms with Crippen molar-refractivity contribution in [3.63, 3.8) is 0 Å². The van der Waals surface area contributed by atoms with Gasteiger partial charge in [-0.25, -0.2) is 4.98 Å². The van der Waals surface area contributed by atoms with Crippen LogP contribution in [-0.2, 0) is 22.4 Å². The van der Waals surface area contributed by atoms with Gasteiger partial charge >= 0.3 is 5.97 Å². The SMILES string of the molecule is COC(=O)Cc1csc(NC(C)Cc2ccco2)n1. The van der Waals surface area contributed by atoms with Crippen molar-refractivity contribution in [2.75, 3.05) is 12.4 Å².